The zero-order valence-electron chi connectivity index (χ0n) is 8.28. The number of aliphatic hydroxyl groups excluding tert-OH is 1. The second kappa shape index (κ2) is 8.62. The van der Waals surface area contributed by atoms with Gasteiger partial charge in [0.05, 0.1) is 19.8 Å². The first kappa shape index (κ1) is 13.0. The maximum atomic E-state index is 10.8. The van der Waals surface area contributed by atoms with Gasteiger partial charge in [-0.05, 0) is 6.92 Å². The molecule has 0 aromatic heterocycles. The Labute approximate surface area is 82.1 Å². The van der Waals surface area contributed by atoms with Crippen LogP contribution in [0.3, 0.4) is 0 Å². The van der Waals surface area contributed by atoms with Crippen molar-refractivity contribution in [2.45, 2.75) is 13.0 Å². The van der Waals surface area contributed by atoms with Crippen molar-refractivity contribution < 1.29 is 14.1 Å². The molecule has 2 atom stereocenters. The van der Waals surface area contributed by atoms with Gasteiger partial charge in [0, 0.05) is 35.4 Å². The van der Waals surface area contributed by atoms with Gasteiger partial charge in [0.2, 0.25) is 0 Å². The summed E-state index contributed by atoms with van der Waals surface area (Å²) < 4.78 is 15.8. The molecule has 0 aliphatic rings. The predicted octanol–water partition coefficient (Wildman–Crippen LogP) is -0.648. The first-order valence-electron chi connectivity index (χ1n) is 4.38. The molecule has 4 nitrogen and oxygen atoms in total. The summed E-state index contributed by atoms with van der Waals surface area (Å²) in [4.78, 5) is 0. The maximum absolute atomic E-state index is 10.8. The van der Waals surface area contributed by atoms with E-state index in [1.165, 1.54) is 0 Å². The first-order valence-corrected chi connectivity index (χ1v) is 6.11. The number of hydrogen-bond donors (Lipinski definition) is 2. The SMILES string of the molecule is CC(CS(C)=O)NCCOCCO. The summed E-state index contributed by atoms with van der Waals surface area (Å²) in [5, 5.41) is 11.6. The molecule has 5 heteroatoms. The van der Waals surface area contributed by atoms with Crippen LogP contribution in [0.4, 0.5) is 0 Å². The van der Waals surface area contributed by atoms with E-state index >= 15 is 0 Å². The lowest BCUT2D eigenvalue weighted by atomic mass is 10.4. The van der Waals surface area contributed by atoms with Crippen LogP contribution in [-0.2, 0) is 15.5 Å². The highest BCUT2D eigenvalue weighted by Gasteiger charge is 2.02. The Balaban J connectivity index is 3.17. The average molecular weight is 209 g/mol. The molecule has 13 heavy (non-hydrogen) atoms. The monoisotopic (exact) mass is 209 g/mol. The molecular weight excluding hydrogens is 190 g/mol. The predicted molar refractivity (Wildman–Crippen MR) is 54.3 cm³/mol. The highest BCUT2D eigenvalue weighted by molar-refractivity contribution is 7.84. The molecule has 0 rings (SSSR count). The fourth-order valence-corrected chi connectivity index (χ4v) is 1.78. The van der Waals surface area contributed by atoms with Gasteiger partial charge < -0.3 is 15.2 Å². The van der Waals surface area contributed by atoms with Crippen LogP contribution in [0.2, 0.25) is 0 Å². The van der Waals surface area contributed by atoms with Crippen LogP contribution in [0.1, 0.15) is 6.92 Å². The van der Waals surface area contributed by atoms with E-state index in [9.17, 15) is 4.21 Å². The lowest BCUT2D eigenvalue weighted by molar-refractivity contribution is 0.0931. The lowest BCUT2D eigenvalue weighted by Crippen LogP contribution is -2.33. The van der Waals surface area contributed by atoms with Gasteiger partial charge >= 0.3 is 0 Å². The minimum Gasteiger partial charge on any atom is -0.394 e. The van der Waals surface area contributed by atoms with Crippen LogP contribution in [0, 0.1) is 0 Å². The van der Waals surface area contributed by atoms with Gasteiger partial charge in [-0.3, -0.25) is 4.21 Å². The normalized spacial score (nSPS) is 15.6. The van der Waals surface area contributed by atoms with Crippen molar-refractivity contribution in [3.8, 4) is 0 Å². The highest BCUT2D eigenvalue weighted by Crippen LogP contribution is 1.84. The minimum absolute atomic E-state index is 0.0640. The molecule has 0 radical (unpaired) electrons. The largest absolute Gasteiger partial charge is 0.394 e. The number of ether oxygens (including phenoxy) is 1. The molecular formula is C8H19NO3S. The number of nitrogens with one attached hydrogen (secondary N) is 1. The van der Waals surface area contributed by atoms with Crippen LogP contribution in [-0.4, -0.2) is 53.7 Å². The van der Waals surface area contributed by atoms with Gasteiger partial charge in [-0.25, -0.2) is 0 Å². The Morgan fingerprint density at radius 2 is 2.23 bits per heavy atom. The average Bonchev–Trinajstić information content (AvgIpc) is 2.02. The third kappa shape index (κ3) is 9.95. The van der Waals surface area contributed by atoms with E-state index in [2.05, 4.69) is 5.32 Å². The molecule has 0 aromatic carbocycles. The highest BCUT2D eigenvalue weighted by atomic mass is 32.2. The van der Waals surface area contributed by atoms with E-state index in [1.807, 2.05) is 6.92 Å². The molecule has 0 saturated carbocycles. The van der Waals surface area contributed by atoms with Crippen molar-refractivity contribution in [1.29, 1.82) is 0 Å². The van der Waals surface area contributed by atoms with Gasteiger partial charge in [0.1, 0.15) is 0 Å². The molecule has 0 aromatic rings. The molecule has 0 bridgehead atoms. The molecule has 2 N–H and O–H groups in total. The Bertz CT molecular complexity index is 143. The molecule has 2 unspecified atom stereocenters. The number of aliphatic hydroxyl groups is 1. The van der Waals surface area contributed by atoms with Crippen LogP contribution >= 0.6 is 0 Å². The summed E-state index contributed by atoms with van der Waals surface area (Å²) in [6.07, 6.45) is 1.69. The van der Waals surface area contributed by atoms with Crippen molar-refractivity contribution in [3.05, 3.63) is 0 Å². The Hall–Kier alpha value is 0.0300. The summed E-state index contributed by atoms with van der Waals surface area (Å²) in [7, 11) is -0.748. The molecule has 0 fully saturated rings. The smallest absolute Gasteiger partial charge is 0.0698 e. The van der Waals surface area contributed by atoms with Gasteiger partial charge in [-0.1, -0.05) is 0 Å². The molecule has 0 heterocycles. The van der Waals surface area contributed by atoms with Crippen molar-refractivity contribution in [2.24, 2.45) is 0 Å². The quantitative estimate of drug-likeness (QED) is 0.522. The van der Waals surface area contributed by atoms with E-state index in [4.69, 9.17) is 9.84 Å². The Kier molecular flexibility index (Phi) is 8.64. The van der Waals surface area contributed by atoms with Crippen molar-refractivity contribution in [2.75, 3.05) is 38.4 Å². The van der Waals surface area contributed by atoms with Crippen molar-refractivity contribution in [3.63, 3.8) is 0 Å². The third-order valence-corrected chi connectivity index (χ3v) is 2.43. The van der Waals surface area contributed by atoms with E-state index in [1.54, 1.807) is 6.26 Å². The molecule has 80 valence electrons. The fourth-order valence-electron chi connectivity index (χ4n) is 0.955. The zero-order valence-corrected chi connectivity index (χ0v) is 9.10. The molecule has 0 spiro atoms. The number of rotatable bonds is 8. The van der Waals surface area contributed by atoms with Crippen LogP contribution in [0.15, 0.2) is 0 Å². The van der Waals surface area contributed by atoms with Gasteiger partial charge in [0.15, 0.2) is 0 Å². The van der Waals surface area contributed by atoms with Crippen molar-refractivity contribution in [1.82, 2.24) is 5.32 Å². The summed E-state index contributed by atoms with van der Waals surface area (Å²) in [5.41, 5.74) is 0. The molecule has 0 saturated heterocycles. The maximum Gasteiger partial charge on any atom is 0.0698 e. The minimum atomic E-state index is -0.748. The second-order valence-corrected chi connectivity index (χ2v) is 4.41. The third-order valence-electron chi connectivity index (χ3n) is 1.46. The Morgan fingerprint density at radius 3 is 2.77 bits per heavy atom. The standard InChI is InChI=1S/C8H19NO3S/c1-8(7-13(2)11)9-3-5-12-6-4-10/h8-10H,3-7H2,1-2H3. The molecule has 0 amide bonds. The van der Waals surface area contributed by atoms with Crippen LogP contribution < -0.4 is 5.32 Å². The van der Waals surface area contributed by atoms with E-state index in [0.717, 1.165) is 6.54 Å². The zero-order chi connectivity index (χ0) is 10.1. The Morgan fingerprint density at radius 1 is 1.54 bits per heavy atom. The fraction of sp³-hybridized carbons (Fsp3) is 1.00. The van der Waals surface area contributed by atoms with E-state index in [-0.39, 0.29) is 12.6 Å². The first-order chi connectivity index (χ1) is 6.16. The molecule has 0 aliphatic carbocycles. The number of hydrogen-bond acceptors (Lipinski definition) is 4. The van der Waals surface area contributed by atoms with Crippen molar-refractivity contribution >= 4 is 10.8 Å². The summed E-state index contributed by atoms with van der Waals surface area (Å²) in [6, 6.07) is 0.253. The van der Waals surface area contributed by atoms with Gasteiger partial charge in [-0.15, -0.1) is 0 Å². The van der Waals surface area contributed by atoms with E-state index < -0.39 is 10.8 Å². The molecule has 0 aliphatic heterocycles. The summed E-state index contributed by atoms with van der Waals surface area (Å²) >= 11 is 0. The topological polar surface area (TPSA) is 58.6 Å². The van der Waals surface area contributed by atoms with Gasteiger partial charge in [0.25, 0.3) is 0 Å². The second-order valence-electron chi connectivity index (χ2n) is 2.93. The summed E-state index contributed by atoms with van der Waals surface area (Å²) in [5.74, 6) is 0.667. The van der Waals surface area contributed by atoms with E-state index in [0.29, 0.717) is 19.0 Å². The van der Waals surface area contributed by atoms with Crippen LogP contribution in [0.5, 0.6) is 0 Å². The van der Waals surface area contributed by atoms with Crippen LogP contribution in [0.25, 0.3) is 0 Å². The lowest BCUT2D eigenvalue weighted by Gasteiger charge is -2.11. The van der Waals surface area contributed by atoms with Gasteiger partial charge in [-0.2, -0.15) is 0 Å². The summed E-state index contributed by atoms with van der Waals surface area (Å²) in [6.45, 7) is 3.76.